The van der Waals surface area contributed by atoms with Crippen LogP contribution in [0.3, 0.4) is 0 Å². The Morgan fingerprint density at radius 2 is 2.39 bits per heavy atom. The number of nitrogens with two attached hydrogens (primary N) is 1. The van der Waals surface area contributed by atoms with E-state index in [0.717, 1.165) is 31.0 Å². The molecule has 1 heterocycles. The van der Waals surface area contributed by atoms with Crippen LogP contribution in [0.25, 0.3) is 0 Å². The fraction of sp³-hybridized carbons (Fsp3) is 0.462. The Morgan fingerprint density at radius 1 is 1.56 bits per heavy atom. The second-order valence-corrected chi connectivity index (χ2v) is 5.46. The summed E-state index contributed by atoms with van der Waals surface area (Å²) in [5.41, 5.74) is 7.98. The molecule has 18 heavy (non-hydrogen) atoms. The monoisotopic (exact) mass is 267 g/mol. The molecule has 1 aromatic rings. The Morgan fingerprint density at radius 3 is 3.17 bits per heavy atom. The van der Waals surface area contributed by atoms with E-state index in [1.54, 1.807) is 11.8 Å². The van der Waals surface area contributed by atoms with Crippen LogP contribution in [-0.4, -0.2) is 35.2 Å². The van der Waals surface area contributed by atoms with E-state index in [2.05, 4.69) is 12.1 Å². The molecule has 5 heteroatoms. The Hall–Kier alpha value is -1.20. The lowest BCUT2D eigenvalue weighted by molar-refractivity contribution is -0.137. The summed E-state index contributed by atoms with van der Waals surface area (Å²) in [6, 6.07) is 5.51. The van der Waals surface area contributed by atoms with Crippen molar-refractivity contribution in [1.82, 2.24) is 0 Å². The summed E-state index contributed by atoms with van der Waals surface area (Å²) < 4.78 is 5.45. The molecule has 1 aliphatic heterocycles. The predicted molar refractivity (Wildman–Crippen MR) is 72.3 cm³/mol. The van der Waals surface area contributed by atoms with Gasteiger partial charge in [0, 0.05) is 12.2 Å². The molecule has 2 rings (SSSR count). The minimum absolute atomic E-state index is 0.462. The molecule has 1 aliphatic rings. The smallest absolute Gasteiger partial charge is 0.321 e. The number of aryl methyl sites for hydroxylation is 1. The van der Waals surface area contributed by atoms with Gasteiger partial charge < -0.3 is 15.6 Å². The third kappa shape index (κ3) is 3.40. The molecule has 98 valence electrons. The molecule has 0 radical (unpaired) electrons. The maximum atomic E-state index is 10.5. The van der Waals surface area contributed by atoms with Crippen molar-refractivity contribution in [3.8, 4) is 5.75 Å². The van der Waals surface area contributed by atoms with Gasteiger partial charge in [0.15, 0.2) is 0 Å². The number of carboxylic acids is 1. The number of benzene rings is 1. The zero-order chi connectivity index (χ0) is 13.0. The third-order valence-electron chi connectivity index (χ3n) is 2.90. The Kier molecular flexibility index (Phi) is 4.49. The number of thioether (sulfide) groups is 1. The van der Waals surface area contributed by atoms with Gasteiger partial charge in [0.2, 0.25) is 0 Å². The molecule has 3 N–H and O–H groups in total. The standard InChI is InChI=1S/C13H17NO3S/c14-11(13(15)16)8-18-6-4-9-1-2-12-10(7-9)3-5-17-12/h1-2,7,11H,3-6,8,14H2,(H,15,16). The number of hydrogen-bond acceptors (Lipinski definition) is 4. The van der Waals surface area contributed by atoms with Gasteiger partial charge in [-0.1, -0.05) is 12.1 Å². The van der Waals surface area contributed by atoms with Gasteiger partial charge in [-0.05, 0) is 29.4 Å². The lowest BCUT2D eigenvalue weighted by Gasteiger charge is -2.07. The molecular weight excluding hydrogens is 250 g/mol. The minimum atomic E-state index is -0.933. The lowest BCUT2D eigenvalue weighted by Crippen LogP contribution is -2.32. The van der Waals surface area contributed by atoms with Crippen LogP contribution in [0.15, 0.2) is 18.2 Å². The largest absolute Gasteiger partial charge is 0.493 e. The fourth-order valence-electron chi connectivity index (χ4n) is 1.87. The van der Waals surface area contributed by atoms with Crippen LogP contribution < -0.4 is 10.5 Å². The van der Waals surface area contributed by atoms with Crippen molar-refractivity contribution in [1.29, 1.82) is 0 Å². The van der Waals surface area contributed by atoms with Gasteiger partial charge in [0.25, 0.3) is 0 Å². The molecule has 0 amide bonds. The van der Waals surface area contributed by atoms with Crippen molar-refractivity contribution in [3.63, 3.8) is 0 Å². The normalized spacial score (nSPS) is 14.9. The second kappa shape index (κ2) is 6.11. The van der Waals surface area contributed by atoms with Crippen LogP contribution >= 0.6 is 11.8 Å². The van der Waals surface area contributed by atoms with Crippen molar-refractivity contribution < 1.29 is 14.6 Å². The number of fused-ring (bicyclic) bond motifs is 1. The Bertz CT molecular complexity index is 436. The Balaban J connectivity index is 1.75. The predicted octanol–water partition coefficient (Wildman–Crippen LogP) is 1.31. The van der Waals surface area contributed by atoms with Crippen LogP contribution in [0.1, 0.15) is 11.1 Å². The number of ether oxygens (including phenoxy) is 1. The van der Waals surface area contributed by atoms with E-state index in [0.29, 0.717) is 5.75 Å². The number of carboxylic acid groups (broad SMARTS) is 1. The van der Waals surface area contributed by atoms with Crippen molar-refractivity contribution in [2.24, 2.45) is 5.73 Å². The molecule has 0 saturated carbocycles. The van der Waals surface area contributed by atoms with E-state index in [9.17, 15) is 4.79 Å². The molecular formula is C13H17NO3S. The van der Waals surface area contributed by atoms with E-state index < -0.39 is 12.0 Å². The highest BCUT2D eigenvalue weighted by Crippen LogP contribution is 2.26. The molecule has 1 unspecified atom stereocenters. The molecule has 0 aromatic heterocycles. The van der Waals surface area contributed by atoms with E-state index >= 15 is 0 Å². The van der Waals surface area contributed by atoms with E-state index in [1.165, 1.54) is 11.1 Å². The van der Waals surface area contributed by atoms with Gasteiger partial charge in [-0.15, -0.1) is 0 Å². The summed E-state index contributed by atoms with van der Waals surface area (Å²) in [5, 5.41) is 8.65. The zero-order valence-corrected chi connectivity index (χ0v) is 10.9. The van der Waals surface area contributed by atoms with Crippen LogP contribution in [0.2, 0.25) is 0 Å². The van der Waals surface area contributed by atoms with Crippen LogP contribution in [0, 0.1) is 0 Å². The molecule has 0 aliphatic carbocycles. The number of rotatable bonds is 6. The fourth-order valence-corrected chi connectivity index (χ4v) is 2.81. The summed E-state index contributed by atoms with van der Waals surface area (Å²) in [4.78, 5) is 10.5. The van der Waals surface area contributed by atoms with Gasteiger partial charge in [0.05, 0.1) is 6.61 Å². The molecule has 4 nitrogen and oxygen atoms in total. The first kappa shape index (κ1) is 13.2. The van der Waals surface area contributed by atoms with Gasteiger partial charge in [-0.25, -0.2) is 0 Å². The minimum Gasteiger partial charge on any atom is -0.493 e. The molecule has 0 saturated heterocycles. The van der Waals surface area contributed by atoms with Gasteiger partial charge >= 0.3 is 5.97 Å². The number of carbonyl (C=O) groups is 1. The molecule has 1 atom stereocenters. The molecule has 1 aromatic carbocycles. The highest BCUT2D eigenvalue weighted by molar-refractivity contribution is 7.99. The summed E-state index contributed by atoms with van der Waals surface area (Å²) >= 11 is 1.58. The highest BCUT2D eigenvalue weighted by atomic mass is 32.2. The first-order valence-electron chi connectivity index (χ1n) is 5.97. The van der Waals surface area contributed by atoms with Crippen molar-refractivity contribution in [2.75, 3.05) is 18.1 Å². The maximum Gasteiger partial charge on any atom is 0.321 e. The first-order chi connectivity index (χ1) is 8.66. The first-order valence-corrected chi connectivity index (χ1v) is 7.13. The van der Waals surface area contributed by atoms with Gasteiger partial charge in [0.1, 0.15) is 11.8 Å². The van der Waals surface area contributed by atoms with E-state index in [-0.39, 0.29) is 0 Å². The van der Waals surface area contributed by atoms with Crippen molar-refractivity contribution in [2.45, 2.75) is 18.9 Å². The molecule has 0 spiro atoms. The highest BCUT2D eigenvalue weighted by Gasteiger charge is 2.13. The SMILES string of the molecule is NC(CSCCc1ccc2c(c1)CCO2)C(=O)O. The topological polar surface area (TPSA) is 72.5 Å². The third-order valence-corrected chi connectivity index (χ3v) is 3.99. The van der Waals surface area contributed by atoms with E-state index in [4.69, 9.17) is 15.6 Å². The van der Waals surface area contributed by atoms with Crippen molar-refractivity contribution >= 4 is 17.7 Å². The summed E-state index contributed by atoms with van der Waals surface area (Å²) in [7, 11) is 0. The number of aliphatic carboxylic acids is 1. The van der Waals surface area contributed by atoms with Crippen LogP contribution in [0.4, 0.5) is 0 Å². The van der Waals surface area contributed by atoms with E-state index in [1.807, 2.05) is 6.07 Å². The lowest BCUT2D eigenvalue weighted by atomic mass is 10.1. The molecule has 0 fully saturated rings. The number of hydrogen-bond donors (Lipinski definition) is 2. The summed E-state index contributed by atoms with van der Waals surface area (Å²) in [6.45, 7) is 0.779. The van der Waals surface area contributed by atoms with Crippen LogP contribution in [-0.2, 0) is 17.6 Å². The summed E-state index contributed by atoms with van der Waals surface area (Å²) in [5.74, 6) is 1.42. The quantitative estimate of drug-likeness (QED) is 0.760. The average molecular weight is 267 g/mol. The van der Waals surface area contributed by atoms with Gasteiger partial charge in [-0.2, -0.15) is 11.8 Å². The van der Waals surface area contributed by atoms with Crippen LogP contribution in [0.5, 0.6) is 5.75 Å². The zero-order valence-electron chi connectivity index (χ0n) is 10.1. The second-order valence-electron chi connectivity index (χ2n) is 4.31. The molecule has 0 bridgehead atoms. The maximum absolute atomic E-state index is 10.5. The Labute approximate surface area is 111 Å². The average Bonchev–Trinajstić information content (AvgIpc) is 2.81. The summed E-state index contributed by atoms with van der Waals surface area (Å²) in [6.07, 6.45) is 1.92. The van der Waals surface area contributed by atoms with Crippen molar-refractivity contribution in [3.05, 3.63) is 29.3 Å². The van der Waals surface area contributed by atoms with Gasteiger partial charge in [-0.3, -0.25) is 4.79 Å².